The van der Waals surface area contributed by atoms with E-state index in [0.29, 0.717) is 36.4 Å². The molecule has 0 aromatic heterocycles. The normalized spacial score (nSPS) is 35.5. The summed E-state index contributed by atoms with van der Waals surface area (Å²) in [6, 6.07) is 0. The van der Waals surface area contributed by atoms with E-state index in [0.717, 1.165) is 24.8 Å². The molecule has 0 saturated carbocycles. The molecule has 1 unspecified atom stereocenters. The Balaban J connectivity index is 1.96. The number of esters is 1. The first-order valence-electron chi connectivity index (χ1n) is 12.8. The largest absolute Gasteiger partial charge is 0.457 e. The molecule has 1 N–H and O–H groups in total. The van der Waals surface area contributed by atoms with Gasteiger partial charge in [-0.1, -0.05) is 71.4 Å². The van der Waals surface area contributed by atoms with E-state index in [-0.39, 0.29) is 24.4 Å². The summed E-state index contributed by atoms with van der Waals surface area (Å²) in [6.07, 6.45) is 16.7. The molecule has 2 aliphatic heterocycles. The van der Waals surface area contributed by atoms with Gasteiger partial charge in [-0.25, -0.2) is 0 Å². The van der Waals surface area contributed by atoms with Crippen molar-refractivity contribution in [2.75, 3.05) is 0 Å². The van der Waals surface area contributed by atoms with Gasteiger partial charge < -0.3 is 14.6 Å². The molecule has 0 radical (unpaired) electrons. The van der Waals surface area contributed by atoms with Crippen LogP contribution in [0, 0.1) is 23.7 Å². The highest BCUT2D eigenvalue weighted by molar-refractivity contribution is 5.70. The average molecular weight is 447 g/mol. The minimum Gasteiger partial charge on any atom is -0.457 e. The van der Waals surface area contributed by atoms with E-state index >= 15 is 0 Å². The zero-order valence-corrected chi connectivity index (χ0v) is 21.1. The Labute approximate surface area is 196 Å². The second-order valence-electron chi connectivity index (χ2n) is 10.4. The quantitative estimate of drug-likeness (QED) is 0.203. The van der Waals surface area contributed by atoms with E-state index in [2.05, 4.69) is 65.0 Å². The molecule has 0 aliphatic carbocycles. The molecule has 2 aliphatic rings. The summed E-state index contributed by atoms with van der Waals surface area (Å²) >= 11 is 0. The van der Waals surface area contributed by atoms with Crippen LogP contribution in [0.15, 0.2) is 36.0 Å². The monoisotopic (exact) mass is 446 g/mol. The lowest BCUT2D eigenvalue weighted by molar-refractivity contribution is -0.151. The summed E-state index contributed by atoms with van der Waals surface area (Å²) in [5.74, 6) is 1.36. The lowest BCUT2D eigenvalue weighted by atomic mass is 9.93. The van der Waals surface area contributed by atoms with Crippen molar-refractivity contribution in [3.63, 3.8) is 0 Å². The smallest absolute Gasteiger partial charge is 0.309 e. The number of carbonyl (C=O) groups is 1. The van der Waals surface area contributed by atoms with Gasteiger partial charge in [-0.2, -0.15) is 0 Å². The van der Waals surface area contributed by atoms with Gasteiger partial charge in [0.2, 0.25) is 0 Å². The van der Waals surface area contributed by atoms with Gasteiger partial charge in [0.15, 0.2) is 0 Å². The van der Waals surface area contributed by atoms with E-state index in [1.54, 1.807) is 0 Å². The van der Waals surface area contributed by atoms with Crippen molar-refractivity contribution in [3.05, 3.63) is 36.0 Å². The number of hydrogen-bond acceptors (Lipinski definition) is 4. The second-order valence-corrected chi connectivity index (χ2v) is 10.4. The van der Waals surface area contributed by atoms with Crippen molar-refractivity contribution >= 4 is 5.97 Å². The predicted octanol–water partition coefficient (Wildman–Crippen LogP) is 6.39. The van der Waals surface area contributed by atoms with E-state index in [9.17, 15) is 9.90 Å². The first-order chi connectivity index (χ1) is 15.2. The molecule has 0 aromatic rings. The van der Waals surface area contributed by atoms with Gasteiger partial charge in [-0.05, 0) is 62.4 Å². The van der Waals surface area contributed by atoms with E-state index in [1.807, 2.05) is 6.92 Å². The third-order valence-corrected chi connectivity index (χ3v) is 6.89. The maximum Gasteiger partial charge on any atom is 0.309 e. The van der Waals surface area contributed by atoms with Crippen LogP contribution < -0.4 is 0 Å². The maximum absolute atomic E-state index is 12.4. The zero-order chi connectivity index (χ0) is 23.7. The number of epoxide rings is 1. The van der Waals surface area contributed by atoms with Crippen molar-refractivity contribution in [1.29, 1.82) is 0 Å². The maximum atomic E-state index is 12.4. The number of cyclic esters (lactones) is 1. The van der Waals surface area contributed by atoms with Crippen LogP contribution in [0.5, 0.6) is 0 Å². The van der Waals surface area contributed by atoms with Crippen molar-refractivity contribution < 1.29 is 19.4 Å². The minimum atomic E-state index is -0.622. The van der Waals surface area contributed by atoms with Crippen LogP contribution in [0.3, 0.4) is 0 Å². The van der Waals surface area contributed by atoms with Gasteiger partial charge in [0.05, 0.1) is 24.7 Å². The van der Waals surface area contributed by atoms with E-state index in [4.69, 9.17) is 9.47 Å². The number of aliphatic hydroxyl groups excluding tert-OH is 1. The van der Waals surface area contributed by atoms with Crippen LogP contribution in [-0.2, 0) is 14.3 Å². The summed E-state index contributed by atoms with van der Waals surface area (Å²) in [5, 5.41) is 10.2. The van der Waals surface area contributed by atoms with Crippen molar-refractivity contribution in [2.45, 2.75) is 111 Å². The lowest BCUT2D eigenvalue weighted by Gasteiger charge is -2.24. The number of ether oxygens (including phenoxy) is 2. The molecule has 4 heteroatoms. The van der Waals surface area contributed by atoms with Crippen molar-refractivity contribution in [2.24, 2.45) is 23.7 Å². The molecule has 0 amide bonds. The molecular weight excluding hydrogens is 400 g/mol. The minimum absolute atomic E-state index is 0.0683. The van der Waals surface area contributed by atoms with E-state index < -0.39 is 6.10 Å². The van der Waals surface area contributed by atoms with Crippen LogP contribution in [0.2, 0.25) is 0 Å². The molecule has 4 nitrogen and oxygen atoms in total. The molecule has 0 bridgehead atoms. The third kappa shape index (κ3) is 9.23. The van der Waals surface area contributed by atoms with Gasteiger partial charge in [0.25, 0.3) is 0 Å². The number of allylic oxidation sites excluding steroid dienone is 4. The van der Waals surface area contributed by atoms with Gasteiger partial charge in [-0.15, -0.1) is 0 Å². The molecule has 1 saturated heterocycles. The Morgan fingerprint density at radius 2 is 2.03 bits per heavy atom. The summed E-state index contributed by atoms with van der Waals surface area (Å²) in [5.41, 5.74) is 1.02. The Hall–Kier alpha value is -1.39. The molecular formula is C28H46O4. The Morgan fingerprint density at radius 1 is 1.28 bits per heavy atom. The zero-order valence-electron chi connectivity index (χ0n) is 21.1. The van der Waals surface area contributed by atoms with Crippen LogP contribution in [0.1, 0.15) is 86.5 Å². The summed E-state index contributed by atoms with van der Waals surface area (Å²) in [4.78, 5) is 12.4. The second kappa shape index (κ2) is 13.3. The van der Waals surface area contributed by atoms with Gasteiger partial charge in [0, 0.05) is 5.92 Å². The SMILES string of the molecule is CCC[C@@H](C)[C@H]1O[C@@H]1C[C@H](C)/C=C/C=C(\C)C1OC(=O)C[C@H](O)CC[C@H](C)C/C=C/[C@@H]1C. The highest BCUT2D eigenvalue weighted by Crippen LogP contribution is 2.36. The third-order valence-electron chi connectivity index (χ3n) is 6.89. The van der Waals surface area contributed by atoms with Crippen LogP contribution >= 0.6 is 0 Å². The highest BCUT2D eigenvalue weighted by atomic mass is 16.6. The summed E-state index contributed by atoms with van der Waals surface area (Å²) in [6.45, 7) is 13.1. The summed E-state index contributed by atoms with van der Waals surface area (Å²) in [7, 11) is 0. The number of rotatable bonds is 8. The Kier molecular flexibility index (Phi) is 11.2. The first kappa shape index (κ1) is 26.9. The standard InChI is InChI=1S/C28H46O4/c1-7-10-21(4)28-25(31-28)17-20(3)12-9-14-23(6)27-22(5)13-8-11-19(2)15-16-24(29)18-26(30)32-27/h8-9,12-14,19-22,24-25,27-29H,7,10-11,15-18H2,1-6H3/b12-9+,13-8+,23-14+/t19-,20-,21-,22+,24-,25-,27?,28-/m1/s1. The molecule has 2 heterocycles. The van der Waals surface area contributed by atoms with Crippen molar-refractivity contribution in [1.82, 2.24) is 0 Å². The fourth-order valence-electron chi connectivity index (χ4n) is 4.72. The predicted molar refractivity (Wildman–Crippen MR) is 131 cm³/mol. The summed E-state index contributed by atoms with van der Waals surface area (Å²) < 4.78 is 11.7. The van der Waals surface area contributed by atoms with E-state index in [1.165, 1.54) is 12.8 Å². The Morgan fingerprint density at radius 3 is 2.75 bits per heavy atom. The van der Waals surface area contributed by atoms with Crippen LogP contribution in [0.25, 0.3) is 0 Å². The fraction of sp³-hybridized carbons (Fsp3) is 0.750. The number of hydrogen-bond donors (Lipinski definition) is 1. The molecule has 182 valence electrons. The van der Waals surface area contributed by atoms with Crippen molar-refractivity contribution in [3.8, 4) is 0 Å². The topological polar surface area (TPSA) is 59.1 Å². The van der Waals surface area contributed by atoms with Gasteiger partial charge in [-0.3, -0.25) is 4.79 Å². The fourth-order valence-corrected chi connectivity index (χ4v) is 4.72. The van der Waals surface area contributed by atoms with Gasteiger partial charge >= 0.3 is 5.97 Å². The number of aliphatic hydroxyl groups is 1. The van der Waals surface area contributed by atoms with Gasteiger partial charge in [0.1, 0.15) is 6.10 Å². The highest BCUT2D eigenvalue weighted by Gasteiger charge is 2.42. The average Bonchev–Trinajstić information content (AvgIpc) is 3.48. The molecule has 0 spiro atoms. The number of carbonyl (C=O) groups excluding carboxylic acids is 1. The molecule has 0 aromatic carbocycles. The molecule has 32 heavy (non-hydrogen) atoms. The van der Waals surface area contributed by atoms with Crippen LogP contribution in [0.4, 0.5) is 0 Å². The lowest BCUT2D eigenvalue weighted by Crippen LogP contribution is -2.28. The first-order valence-corrected chi connectivity index (χ1v) is 12.8. The molecule has 8 atom stereocenters. The molecule has 2 rings (SSSR count). The molecule has 1 fully saturated rings. The van der Waals surface area contributed by atoms with Crippen LogP contribution in [-0.4, -0.2) is 35.5 Å². The Bertz CT molecular complexity index is 664.